The number of nitrogens with two attached hydrogens (primary N) is 1. The van der Waals surface area contributed by atoms with Crippen molar-refractivity contribution in [3.63, 3.8) is 0 Å². The normalized spacial score (nSPS) is 42.4. The van der Waals surface area contributed by atoms with E-state index in [0.29, 0.717) is 12.0 Å². The van der Waals surface area contributed by atoms with E-state index in [9.17, 15) is 4.79 Å². The first-order valence-electron chi connectivity index (χ1n) is 10.2. The summed E-state index contributed by atoms with van der Waals surface area (Å²) in [5.41, 5.74) is 9.76. The van der Waals surface area contributed by atoms with Crippen LogP contribution in [-0.2, 0) is 16.8 Å². The van der Waals surface area contributed by atoms with E-state index in [-0.39, 0.29) is 22.2 Å². The van der Waals surface area contributed by atoms with Crippen molar-refractivity contribution in [2.24, 2.45) is 27.9 Å². The van der Waals surface area contributed by atoms with Crippen LogP contribution in [0.15, 0.2) is 54.6 Å². The van der Waals surface area contributed by atoms with E-state index >= 15 is 0 Å². The van der Waals surface area contributed by atoms with Crippen molar-refractivity contribution < 1.29 is 4.79 Å². The van der Waals surface area contributed by atoms with Crippen molar-refractivity contribution >= 4 is 11.6 Å². The van der Waals surface area contributed by atoms with Gasteiger partial charge in [0.2, 0.25) is 5.91 Å². The van der Waals surface area contributed by atoms with Gasteiger partial charge in [-0.05, 0) is 60.3 Å². The second-order valence-corrected chi connectivity index (χ2v) is 9.71. The molecule has 3 heteroatoms. The predicted octanol–water partition coefficient (Wildman–Crippen LogP) is 4.23. The Morgan fingerprint density at radius 3 is 2.44 bits per heavy atom. The van der Waals surface area contributed by atoms with E-state index in [0.717, 1.165) is 30.0 Å². The van der Waals surface area contributed by atoms with E-state index < -0.39 is 0 Å². The molecular weight excluding hydrogens is 332 g/mol. The molecular formula is C24H26N2O. The highest BCUT2D eigenvalue weighted by Gasteiger charge is 2.99. The van der Waals surface area contributed by atoms with Gasteiger partial charge in [0.25, 0.3) is 0 Å². The van der Waals surface area contributed by atoms with E-state index in [4.69, 9.17) is 5.73 Å². The number of anilines is 1. The summed E-state index contributed by atoms with van der Waals surface area (Å²) in [6, 6.07) is 18.9. The first-order chi connectivity index (χ1) is 13.0. The first-order valence-corrected chi connectivity index (χ1v) is 10.2. The molecule has 5 atom stereocenters. The van der Waals surface area contributed by atoms with Crippen LogP contribution in [0.4, 0.5) is 5.69 Å². The van der Waals surface area contributed by atoms with Gasteiger partial charge in [-0.1, -0.05) is 49.4 Å². The van der Waals surface area contributed by atoms with Gasteiger partial charge in [-0.25, -0.2) is 0 Å². The molecule has 4 aliphatic rings. The lowest BCUT2D eigenvalue weighted by Crippen LogP contribution is -2.97. The molecule has 0 radical (unpaired) electrons. The molecule has 1 spiro atoms. The molecule has 0 saturated heterocycles. The van der Waals surface area contributed by atoms with Gasteiger partial charge < -0.3 is 11.1 Å². The lowest BCUT2D eigenvalue weighted by atomic mass is 9.04. The van der Waals surface area contributed by atoms with Crippen LogP contribution in [0.3, 0.4) is 0 Å². The molecule has 3 nitrogen and oxygen atoms in total. The van der Waals surface area contributed by atoms with Crippen molar-refractivity contribution in [3.05, 3.63) is 65.7 Å². The van der Waals surface area contributed by atoms with Gasteiger partial charge in [0.15, 0.2) is 0 Å². The first kappa shape index (κ1) is 15.9. The average molecular weight is 358 g/mol. The lowest BCUT2D eigenvalue weighted by Gasteiger charge is -2.98. The largest absolute Gasteiger partial charge is 0.326 e. The van der Waals surface area contributed by atoms with Crippen molar-refractivity contribution in [1.29, 1.82) is 0 Å². The average Bonchev–Trinajstić information content (AvgIpc) is 2.64. The minimum absolute atomic E-state index is 0.161. The minimum Gasteiger partial charge on any atom is -0.326 e. The maximum atomic E-state index is 13.5. The number of carbonyl (C=O) groups excluding carboxylic acids is 1. The molecule has 4 aliphatic carbocycles. The molecule has 4 saturated carbocycles. The van der Waals surface area contributed by atoms with Gasteiger partial charge in [0.05, 0.1) is 5.41 Å². The summed E-state index contributed by atoms with van der Waals surface area (Å²) in [6.07, 6.45) is 4.65. The Hall–Kier alpha value is -2.13. The summed E-state index contributed by atoms with van der Waals surface area (Å²) < 4.78 is 0. The fraction of sp³-hybridized carbons (Fsp3) is 0.458. The number of rotatable bonds is 4. The Labute approximate surface area is 160 Å². The third-order valence-electron chi connectivity index (χ3n) is 8.87. The van der Waals surface area contributed by atoms with Gasteiger partial charge in [0.1, 0.15) is 0 Å². The number of hydrogen-bond donors (Lipinski definition) is 2. The van der Waals surface area contributed by atoms with Crippen LogP contribution in [0.5, 0.6) is 0 Å². The fourth-order valence-corrected chi connectivity index (χ4v) is 8.54. The second-order valence-electron chi connectivity index (χ2n) is 9.71. The topological polar surface area (TPSA) is 55.1 Å². The molecule has 138 valence electrons. The fourth-order valence-electron chi connectivity index (χ4n) is 8.54. The monoisotopic (exact) mass is 358 g/mol. The number of amides is 1. The Morgan fingerprint density at radius 2 is 1.81 bits per heavy atom. The van der Waals surface area contributed by atoms with E-state index in [1.54, 1.807) is 0 Å². The van der Waals surface area contributed by atoms with Crippen LogP contribution in [0, 0.1) is 22.2 Å². The predicted molar refractivity (Wildman–Crippen MR) is 106 cm³/mol. The summed E-state index contributed by atoms with van der Waals surface area (Å²) in [7, 11) is 0. The SMILES string of the molecule is CC12CC3CC4(C(=O)Nc5ccc(CN)cc5)CC(c5ccccc5)(C1)C324. The zero-order valence-electron chi connectivity index (χ0n) is 15.8. The summed E-state index contributed by atoms with van der Waals surface area (Å²) in [6.45, 7) is 2.96. The summed E-state index contributed by atoms with van der Waals surface area (Å²) in [5.74, 6) is 0.979. The zero-order chi connectivity index (χ0) is 18.5. The molecule has 0 bridgehead atoms. The highest BCUT2D eigenvalue weighted by atomic mass is 16.2. The van der Waals surface area contributed by atoms with E-state index in [1.165, 1.54) is 18.4 Å². The van der Waals surface area contributed by atoms with Crippen molar-refractivity contribution in [2.75, 3.05) is 5.32 Å². The number of nitrogens with one attached hydrogen (secondary N) is 1. The molecule has 2 aromatic rings. The van der Waals surface area contributed by atoms with Crippen molar-refractivity contribution in [3.8, 4) is 0 Å². The summed E-state index contributed by atoms with van der Waals surface area (Å²) >= 11 is 0. The van der Waals surface area contributed by atoms with Gasteiger partial charge in [-0.3, -0.25) is 4.79 Å². The van der Waals surface area contributed by atoms with E-state index in [2.05, 4.69) is 42.6 Å². The molecule has 4 fully saturated rings. The molecule has 5 unspecified atom stereocenters. The van der Waals surface area contributed by atoms with Gasteiger partial charge in [0, 0.05) is 23.1 Å². The third-order valence-corrected chi connectivity index (χ3v) is 8.87. The molecule has 0 aliphatic heterocycles. The molecule has 0 heterocycles. The van der Waals surface area contributed by atoms with E-state index in [1.807, 2.05) is 24.3 Å². The second kappa shape index (κ2) is 4.64. The van der Waals surface area contributed by atoms with Crippen LogP contribution in [0.1, 0.15) is 43.7 Å². The van der Waals surface area contributed by atoms with Crippen molar-refractivity contribution in [1.82, 2.24) is 0 Å². The summed E-state index contributed by atoms with van der Waals surface area (Å²) in [5, 5.41) is 3.24. The zero-order valence-corrected chi connectivity index (χ0v) is 15.8. The quantitative estimate of drug-likeness (QED) is 0.859. The lowest BCUT2D eigenvalue weighted by molar-refractivity contribution is -0.470. The van der Waals surface area contributed by atoms with Crippen LogP contribution in [-0.4, -0.2) is 5.91 Å². The van der Waals surface area contributed by atoms with Crippen LogP contribution in [0.25, 0.3) is 0 Å². The molecule has 2 aromatic carbocycles. The highest BCUT2D eigenvalue weighted by molar-refractivity contribution is 5.99. The Morgan fingerprint density at radius 1 is 1.07 bits per heavy atom. The summed E-state index contributed by atoms with van der Waals surface area (Å²) in [4.78, 5) is 13.5. The maximum absolute atomic E-state index is 13.5. The van der Waals surface area contributed by atoms with Crippen LogP contribution < -0.4 is 11.1 Å². The standard InChI is InChI=1S/C24H26N2O/c1-21-11-18-12-22(20(27)26-19-9-7-16(13-25)8-10-19)15-23(14-21,24(18,21)22)17-5-3-2-4-6-17/h2-10,18H,11-15,25H2,1H3,(H,26,27). The number of carbonyl (C=O) groups is 1. The maximum Gasteiger partial charge on any atom is 0.231 e. The molecule has 1 amide bonds. The molecule has 6 rings (SSSR count). The number of benzene rings is 2. The van der Waals surface area contributed by atoms with Crippen LogP contribution >= 0.6 is 0 Å². The van der Waals surface area contributed by atoms with Gasteiger partial charge >= 0.3 is 0 Å². The van der Waals surface area contributed by atoms with Crippen molar-refractivity contribution in [2.45, 2.75) is 44.6 Å². The smallest absolute Gasteiger partial charge is 0.231 e. The molecule has 3 N–H and O–H groups in total. The molecule has 0 aromatic heterocycles. The Balaban J connectivity index is 1.33. The van der Waals surface area contributed by atoms with Gasteiger partial charge in [-0.15, -0.1) is 0 Å². The molecule has 27 heavy (non-hydrogen) atoms. The van der Waals surface area contributed by atoms with Crippen LogP contribution in [0.2, 0.25) is 0 Å². The minimum atomic E-state index is -0.161. The number of hydrogen-bond acceptors (Lipinski definition) is 2. The third kappa shape index (κ3) is 1.45. The highest BCUT2D eigenvalue weighted by Crippen LogP contribution is 3.01. The Bertz CT molecular complexity index is 954. The van der Waals surface area contributed by atoms with Gasteiger partial charge in [-0.2, -0.15) is 0 Å². The Kier molecular flexibility index (Phi) is 2.73.